The van der Waals surface area contributed by atoms with Gasteiger partial charge in [-0.05, 0) is 43.7 Å². The first-order valence-electron chi connectivity index (χ1n) is 7.47. The summed E-state index contributed by atoms with van der Waals surface area (Å²) in [6, 6.07) is 6.71. The van der Waals surface area contributed by atoms with Gasteiger partial charge in [-0.25, -0.2) is 0 Å². The first-order valence-corrected chi connectivity index (χ1v) is 7.47. The van der Waals surface area contributed by atoms with Gasteiger partial charge in [-0.3, -0.25) is 9.67 Å². The van der Waals surface area contributed by atoms with Crippen LogP contribution in [0.15, 0.2) is 30.6 Å². The maximum atomic E-state index is 4.63. The summed E-state index contributed by atoms with van der Waals surface area (Å²) in [6.45, 7) is 8.31. The van der Waals surface area contributed by atoms with Gasteiger partial charge in [0.25, 0.3) is 0 Å². The van der Waals surface area contributed by atoms with Crippen molar-refractivity contribution in [3.05, 3.63) is 47.5 Å². The Morgan fingerprint density at radius 2 is 1.95 bits per heavy atom. The molecule has 0 aliphatic heterocycles. The minimum absolute atomic E-state index is 0.315. The maximum Gasteiger partial charge on any atom is 0.0624 e. The fourth-order valence-electron chi connectivity index (χ4n) is 2.49. The minimum Gasteiger partial charge on any atom is -0.310 e. The average Bonchev–Trinajstić information content (AvgIpc) is 2.90. The van der Waals surface area contributed by atoms with Crippen LogP contribution in [0.2, 0.25) is 0 Å². The van der Waals surface area contributed by atoms with E-state index in [4.69, 9.17) is 0 Å². The van der Waals surface area contributed by atoms with Crippen LogP contribution < -0.4 is 5.32 Å². The molecule has 1 atom stereocenters. The van der Waals surface area contributed by atoms with Crippen LogP contribution in [-0.4, -0.2) is 21.3 Å². The Morgan fingerprint density at radius 1 is 1.20 bits per heavy atom. The van der Waals surface area contributed by atoms with E-state index in [0.29, 0.717) is 6.04 Å². The van der Waals surface area contributed by atoms with Gasteiger partial charge in [0.15, 0.2) is 0 Å². The van der Waals surface area contributed by atoms with Crippen molar-refractivity contribution in [2.24, 2.45) is 0 Å². The van der Waals surface area contributed by atoms with Crippen LogP contribution >= 0.6 is 0 Å². The van der Waals surface area contributed by atoms with Crippen molar-refractivity contribution >= 4 is 0 Å². The third-order valence-corrected chi connectivity index (χ3v) is 3.55. The Hall–Kier alpha value is -1.68. The molecular formula is C16H24N4. The van der Waals surface area contributed by atoms with Crippen molar-refractivity contribution in [2.75, 3.05) is 6.54 Å². The van der Waals surface area contributed by atoms with E-state index in [2.05, 4.69) is 59.1 Å². The highest BCUT2D eigenvalue weighted by Crippen LogP contribution is 2.19. The van der Waals surface area contributed by atoms with Crippen molar-refractivity contribution in [3.63, 3.8) is 0 Å². The third-order valence-electron chi connectivity index (χ3n) is 3.55. The molecule has 1 N–H and O–H groups in total. The maximum absolute atomic E-state index is 4.63. The normalized spacial score (nSPS) is 12.6. The summed E-state index contributed by atoms with van der Waals surface area (Å²) in [6.07, 6.45) is 5.66. The van der Waals surface area contributed by atoms with E-state index in [0.717, 1.165) is 25.9 Å². The summed E-state index contributed by atoms with van der Waals surface area (Å²) in [5.74, 6) is 0. The molecule has 0 saturated carbocycles. The van der Waals surface area contributed by atoms with Gasteiger partial charge in [-0.2, -0.15) is 5.10 Å². The van der Waals surface area contributed by atoms with E-state index in [-0.39, 0.29) is 0 Å². The average molecular weight is 272 g/mol. The molecule has 0 saturated heterocycles. The lowest BCUT2D eigenvalue weighted by molar-refractivity contribution is 0.515. The van der Waals surface area contributed by atoms with Gasteiger partial charge in [0.05, 0.1) is 5.69 Å². The first kappa shape index (κ1) is 14.7. The van der Waals surface area contributed by atoms with E-state index in [9.17, 15) is 0 Å². The van der Waals surface area contributed by atoms with E-state index in [1.54, 1.807) is 0 Å². The summed E-state index contributed by atoms with van der Waals surface area (Å²) < 4.78 is 2.12. The zero-order valence-electron chi connectivity index (χ0n) is 12.6. The number of hydrogen-bond acceptors (Lipinski definition) is 3. The Bertz CT molecular complexity index is 519. The highest BCUT2D eigenvalue weighted by Gasteiger charge is 2.14. The van der Waals surface area contributed by atoms with Gasteiger partial charge in [-0.15, -0.1) is 0 Å². The number of rotatable bonds is 7. The first-order chi connectivity index (χ1) is 9.78. The summed E-state index contributed by atoms with van der Waals surface area (Å²) in [5, 5.41) is 8.19. The van der Waals surface area contributed by atoms with Crippen molar-refractivity contribution in [2.45, 2.75) is 46.2 Å². The largest absolute Gasteiger partial charge is 0.310 e. The highest BCUT2D eigenvalue weighted by atomic mass is 15.3. The second-order valence-electron chi connectivity index (χ2n) is 4.89. The molecule has 0 aliphatic carbocycles. The molecule has 4 heteroatoms. The highest BCUT2D eigenvalue weighted by molar-refractivity contribution is 5.20. The van der Waals surface area contributed by atoms with Crippen molar-refractivity contribution < 1.29 is 0 Å². The molecule has 0 amide bonds. The Balaban J connectivity index is 2.22. The lowest BCUT2D eigenvalue weighted by Crippen LogP contribution is -2.24. The van der Waals surface area contributed by atoms with Gasteiger partial charge < -0.3 is 5.32 Å². The quantitative estimate of drug-likeness (QED) is 0.843. The number of pyridine rings is 1. The lowest BCUT2D eigenvalue weighted by atomic mass is 10.0. The molecule has 0 fully saturated rings. The summed E-state index contributed by atoms with van der Waals surface area (Å²) in [4.78, 5) is 4.10. The molecule has 20 heavy (non-hydrogen) atoms. The number of nitrogens with one attached hydrogen (secondary N) is 1. The molecule has 0 aliphatic rings. The molecule has 1 unspecified atom stereocenters. The summed E-state index contributed by atoms with van der Waals surface area (Å²) in [5.41, 5.74) is 3.75. The van der Waals surface area contributed by atoms with Gasteiger partial charge in [0.2, 0.25) is 0 Å². The van der Waals surface area contributed by atoms with E-state index < -0.39 is 0 Å². The number of aromatic nitrogens is 3. The van der Waals surface area contributed by atoms with Crippen molar-refractivity contribution in [1.82, 2.24) is 20.1 Å². The fourth-order valence-corrected chi connectivity index (χ4v) is 2.49. The molecule has 2 aromatic rings. The number of hydrogen-bond donors (Lipinski definition) is 1. The molecule has 2 rings (SSSR count). The zero-order chi connectivity index (χ0) is 14.4. The molecular weight excluding hydrogens is 248 g/mol. The van der Waals surface area contributed by atoms with Crippen LogP contribution in [0.4, 0.5) is 0 Å². The number of aryl methyl sites for hydroxylation is 2. The topological polar surface area (TPSA) is 42.7 Å². The third kappa shape index (κ3) is 3.45. The molecule has 4 nitrogen and oxygen atoms in total. The molecule has 108 valence electrons. The van der Waals surface area contributed by atoms with Gasteiger partial charge in [0, 0.05) is 37.1 Å². The van der Waals surface area contributed by atoms with Crippen LogP contribution in [0.3, 0.4) is 0 Å². The Labute approximate surface area is 121 Å². The Kier molecular flexibility index (Phi) is 5.30. The number of likely N-dealkylation sites (N-methyl/N-ethyl adjacent to an activating group) is 1. The Morgan fingerprint density at radius 3 is 2.55 bits per heavy atom. The summed E-state index contributed by atoms with van der Waals surface area (Å²) in [7, 11) is 0. The van der Waals surface area contributed by atoms with Gasteiger partial charge in [0.1, 0.15) is 0 Å². The zero-order valence-corrected chi connectivity index (χ0v) is 12.6. The molecule has 2 heterocycles. The van der Waals surface area contributed by atoms with E-state index in [1.165, 1.54) is 17.0 Å². The van der Waals surface area contributed by atoms with Gasteiger partial charge >= 0.3 is 0 Å². The number of nitrogens with zero attached hydrogens (tertiary/aromatic N) is 3. The van der Waals surface area contributed by atoms with Crippen molar-refractivity contribution in [3.8, 4) is 0 Å². The predicted octanol–water partition coefficient (Wildman–Crippen LogP) is 2.75. The van der Waals surface area contributed by atoms with Gasteiger partial charge in [-0.1, -0.05) is 13.8 Å². The molecule has 0 spiro atoms. The molecule has 0 bridgehead atoms. The SMILES string of the molecule is CCNC(Cc1cc(CC)nn1CC)c1ccncc1. The second-order valence-corrected chi connectivity index (χ2v) is 4.89. The molecule has 2 aromatic heterocycles. The van der Waals surface area contributed by atoms with Crippen LogP contribution in [0.1, 0.15) is 43.8 Å². The van der Waals surface area contributed by atoms with E-state index >= 15 is 0 Å². The van der Waals surface area contributed by atoms with E-state index in [1.807, 2.05) is 12.4 Å². The van der Waals surface area contributed by atoms with Crippen LogP contribution in [0, 0.1) is 0 Å². The lowest BCUT2D eigenvalue weighted by Gasteiger charge is -2.18. The van der Waals surface area contributed by atoms with Crippen LogP contribution in [-0.2, 0) is 19.4 Å². The summed E-state index contributed by atoms with van der Waals surface area (Å²) >= 11 is 0. The van der Waals surface area contributed by atoms with Crippen LogP contribution in [0.5, 0.6) is 0 Å². The minimum atomic E-state index is 0.315. The molecule has 0 aromatic carbocycles. The fraction of sp³-hybridized carbons (Fsp3) is 0.500. The second kappa shape index (κ2) is 7.20. The van der Waals surface area contributed by atoms with Crippen LogP contribution in [0.25, 0.3) is 0 Å². The molecule has 0 radical (unpaired) electrons. The monoisotopic (exact) mass is 272 g/mol. The standard InChI is InChI=1S/C16H24N4/c1-4-14-11-15(20(6-3)19-14)12-16(18-5-2)13-7-9-17-10-8-13/h7-11,16,18H,4-6,12H2,1-3H3. The van der Waals surface area contributed by atoms with Crippen molar-refractivity contribution in [1.29, 1.82) is 0 Å². The smallest absolute Gasteiger partial charge is 0.0624 e. The predicted molar refractivity (Wildman–Crippen MR) is 81.6 cm³/mol.